The second-order valence-electron chi connectivity index (χ2n) is 4.49. The van der Waals surface area contributed by atoms with Crippen molar-refractivity contribution in [3.8, 4) is 0 Å². The van der Waals surface area contributed by atoms with Gasteiger partial charge in [-0.25, -0.2) is 0 Å². The molecule has 23 heavy (non-hydrogen) atoms. The van der Waals surface area contributed by atoms with Gasteiger partial charge >= 0.3 is 0 Å². The highest BCUT2D eigenvalue weighted by molar-refractivity contribution is 7.20. The van der Waals surface area contributed by atoms with Crippen molar-refractivity contribution in [3.05, 3.63) is 47.3 Å². The van der Waals surface area contributed by atoms with E-state index >= 15 is 0 Å². The first kappa shape index (κ1) is 17.3. The molecule has 3 aromatic rings. The normalized spacial score (nSPS) is 12.3. The van der Waals surface area contributed by atoms with Crippen molar-refractivity contribution in [1.29, 1.82) is 0 Å². The minimum atomic E-state index is -0.436. The molecule has 2 heterocycles. The van der Waals surface area contributed by atoms with Gasteiger partial charge in [0.15, 0.2) is 4.80 Å². The zero-order valence-corrected chi connectivity index (χ0v) is 16.2. The molecule has 0 fully saturated rings. The zero-order chi connectivity index (χ0) is 16.7. The number of thiophene rings is 1. The summed E-state index contributed by atoms with van der Waals surface area (Å²) in [6, 6.07) is 5.11. The Balaban J connectivity index is 2.21. The minimum absolute atomic E-state index is 0.297. The molecule has 0 aliphatic heterocycles. The number of amides is 1. The predicted octanol–water partition coefficient (Wildman–Crippen LogP) is 6.14. The van der Waals surface area contributed by atoms with Gasteiger partial charge in [-0.1, -0.05) is 57.7 Å². The first-order chi connectivity index (χ1) is 10.9. The quantitative estimate of drug-likeness (QED) is 0.485. The third-order valence-electron chi connectivity index (χ3n) is 3.13. The molecule has 0 bridgehead atoms. The number of rotatable bonds is 2. The number of carbonyl (C=O) groups is 1. The van der Waals surface area contributed by atoms with Crippen LogP contribution in [0, 0.1) is 0 Å². The van der Waals surface area contributed by atoms with Gasteiger partial charge in [-0.3, -0.25) is 4.79 Å². The Hall–Kier alpha value is -0.560. The summed E-state index contributed by atoms with van der Waals surface area (Å²) in [5.74, 6) is -0.436. The van der Waals surface area contributed by atoms with Crippen LogP contribution in [0.4, 0.5) is 0 Å². The fraction of sp³-hybridized carbons (Fsp3) is 0.143. The minimum Gasteiger partial charge on any atom is -0.315 e. The topological polar surface area (TPSA) is 34.4 Å². The van der Waals surface area contributed by atoms with Gasteiger partial charge in [0.05, 0.1) is 30.2 Å². The number of carbonyl (C=O) groups excluding carboxylic acids is 1. The van der Waals surface area contributed by atoms with Gasteiger partial charge in [-0.15, -0.1) is 11.3 Å². The lowest BCUT2D eigenvalue weighted by atomic mass is 10.3. The van der Waals surface area contributed by atoms with Crippen LogP contribution in [0.5, 0.6) is 0 Å². The summed E-state index contributed by atoms with van der Waals surface area (Å²) < 4.78 is 3.54. The predicted molar refractivity (Wildman–Crippen MR) is 99.7 cm³/mol. The second kappa shape index (κ2) is 6.75. The largest absolute Gasteiger partial charge is 0.315 e. The van der Waals surface area contributed by atoms with Crippen LogP contribution in [0.3, 0.4) is 0 Å². The lowest BCUT2D eigenvalue weighted by Crippen LogP contribution is -2.16. The molecule has 0 N–H and O–H groups in total. The van der Waals surface area contributed by atoms with Crippen LogP contribution in [-0.4, -0.2) is 10.5 Å². The molecular formula is C14H8Cl4N2OS2. The van der Waals surface area contributed by atoms with Crippen molar-refractivity contribution < 1.29 is 4.79 Å². The summed E-state index contributed by atoms with van der Waals surface area (Å²) in [5.41, 5.74) is 1.07. The summed E-state index contributed by atoms with van der Waals surface area (Å²) >= 11 is 26.8. The van der Waals surface area contributed by atoms with Crippen molar-refractivity contribution in [2.75, 3.05) is 0 Å². The number of thiazole rings is 1. The van der Waals surface area contributed by atoms with Crippen LogP contribution in [0.25, 0.3) is 10.2 Å². The first-order valence-electron chi connectivity index (χ1n) is 6.43. The Bertz CT molecular complexity index is 987. The number of hydrogen-bond acceptors (Lipinski definition) is 3. The van der Waals surface area contributed by atoms with Gasteiger partial charge in [0.25, 0.3) is 5.91 Å². The smallest absolute Gasteiger partial charge is 0.282 e. The van der Waals surface area contributed by atoms with E-state index in [1.165, 1.54) is 17.4 Å². The van der Waals surface area contributed by atoms with Gasteiger partial charge in [0.2, 0.25) is 0 Å². The third kappa shape index (κ3) is 3.18. The van der Waals surface area contributed by atoms with Crippen LogP contribution in [0.2, 0.25) is 18.7 Å². The van der Waals surface area contributed by atoms with E-state index < -0.39 is 5.91 Å². The maximum Gasteiger partial charge on any atom is 0.282 e. The molecule has 1 aromatic carbocycles. The van der Waals surface area contributed by atoms with Crippen molar-refractivity contribution in [2.45, 2.75) is 13.5 Å². The molecule has 0 saturated heterocycles. The van der Waals surface area contributed by atoms with Crippen LogP contribution in [0.15, 0.2) is 23.2 Å². The molecule has 120 valence electrons. The van der Waals surface area contributed by atoms with Gasteiger partial charge in [0.1, 0.15) is 4.34 Å². The molecule has 0 saturated carbocycles. The summed E-state index contributed by atoms with van der Waals surface area (Å²) in [4.78, 5) is 17.1. The van der Waals surface area contributed by atoms with E-state index in [0.717, 1.165) is 21.6 Å². The Labute approximate surface area is 159 Å². The highest BCUT2D eigenvalue weighted by Crippen LogP contribution is 2.33. The molecule has 0 atom stereocenters. The molecule has 0 unspecified atom stereocenters. The number of aryl methyl sites for hydroxylation is 1. The molecule has 0 radical (unpaired) electrons. The Kier molecular flexibility index (Phi) is 5.06. The van der Waals surface area contributed by atoms with E-state index in [1.807, 2.05) is 17.6 Å². The summed E-state index contributed by atoms with van der Waals surface area (Å²) in [5, 5.41) is 0.914. The lowest BCUT2D eigenvalue weighted by Gasteiger charge is -2.03. The summed E-state index contributed by atoms with van der Waals surface area (Å²) in [7, 11) is 0. The molecule has 3 nitrogen and oxygen atoms in total. The van der Waals surface area contributed by atoms with Gasteiger partial charge in [-0.2, -0.15) is 4.99 Å². The maximum atomic E-state index is 12.4. The highest BCUT2D eigenvalue weighted by atomic mass is 35.5. The molecular weight excluding hydrogens is 418 g/mol. The van der Waals surface area contributed by atoms with Gasteiger partial charge < -0.3 is 4.57 Å². The second-order valence-corrected chi connectivity index (χ2v) is 8.57. The third-order valence-corrected chi connectivity index (χ3v) is 6.46. The Morgan fingerprint density at radius 1 is 1.22 bits per heavy atom. The average Bonchev–Trinajstić information content (AvgIpc) is 3.02. The fourth-order valence-corrected chi connectivity index (χ4v) is 5.14. The number of benzene rings is 1. The highest BCUT2D eigenvalue weighted by Gasteiger charge is 2.16. The number of aromatic nitrogens is 1. The molecule has 2 aromatic heterocycles. The zero-order valence-electron chi connectivity index (χ0n) is 11.6. The summed E-state index contributed by atoms with van der Waals surface area (Å²) in [6.07, 6.45) is 0. The monoisotopic (exact) mass is 424 g/mol. The van der Waals surface area contributed by atoms with Crippen LogP contribution in [-0.2, 0) is 6.54 Å². The van der Waals surface area contributed by atoms with E-state index in [9.17, 15) is 4.79 Å². The standard InChI is InChI=1S/C14H8Cl4N2OS2/c1-2-20-11-8(4-3-7(15)10(11)17)22-14(20)19-13(21)6-5-9(16)23-12(6)18/h3-5H,2H2,1H3. The number of halogens is 4. The molecule has 1 amide bonds. The van der Waals surface area contributed by atoms with Crippen molar-refractivity contribution in [3.63, 3.8) is 0 Å². The van der Waals surface area contributed by atoms with Crippen molar-refractivity contribution in [1.82, 2.24) is 4.57 Å². The maximum absolute atomic E-state index is 12.4. The van der Waals surface area contributed by atoms with Crippen molar-refractivity contribution in [2.24, 2.45) is 4.99 Å². The lowest BCUT2D eigenvalue weighted by molar-refractivity contribution is 0.0998. The first-order valence-corrected chi connectivity index (χ1v) is 9.58. The number of fused-ring (bicyclic) bond motifs is 1. The molecule has 0 spiro atoms. The van der Waals surface area contributed by atoms with Crippen molar-refractivity contribution >= 4 is 85.2 Å². The van der Waals surface area contributed by atoms with E-state index in [0.29, 0.717) is 35.6 Å². The number of hydrogen-bond donors (Lipinski definition) is 0. The van der Waals surface area contributed by atoms with E-state index in [4.69, 9.17) is 46.4 Å². The number of nitrogens with zero attached hydrogens (tertiary/aromatic N) is 2. The molecule has 9 heteroatoms. The van der Waals surface area contributed by atoms with E-state index in [2.05, 4.69) is 4.99 Å². The van der Waals surface area contributed by atoms with Crippen LogP contribution < -0.4 is 4.80 Å². The fourth-order valence-electron chi connectivity index (χ4n) is 2.11. The Morgan fingerprint density at radius 2 is 1.96 bits per heavy atom. The van der Waals surface area contributed by atoms with Crippen LogP contribution in [0.1, 0.15) is 17.3 Å². The summed E-state index contributed by atoms with van der Waals surface area (Å²) in [6.45, 7) is 2.55. The molecule has 0 aliphatic rings. The molecule has 3 rings (SSSR count). The van der Waals surface area contributed by atoms with Crippen LogP contribution >= 0.6 is 69.1 Å². The van der Waals surface area contributed by atoms with Gasteiger partial charge in [-0.05, 0) is 25.1 Å². The molecule has 0 aliphatic carbocycles. The van der Waals surface area contributed by atoms with Gasteiger partial charge in [0, 0.05) is 6.54 Å². The van der Waals surface area contributed by atoms with E-state index in [1.54, 1.807) is 6.07 Å². The Morgan fingerprint density at radius 3 is 2.57 bits per heavy atom. The SMILES string of the molecule is CCn1c(=NC(=O)c2cc(Cl)sc2Cl)sc2ccc(Cl)c(Cl)c21. The van der Waals surface area contributed by atoms with E-state index in [-0.39, 0.29) is 0 Å². The average molecular weight is 426 g/mol.